The van der Waals surface area contributed by atoms with E-state index < -0.39 is 0 Å². The molecule has 0 spiro atoms. The molecule has 0 aliphatic carbocycles. The molecular weight excluding hydrogens is 268 g/mol. The fourth-order valence-corrected chi connectivity index (χ4v) is 2.35. The second kappa shape index (κ2) is 7.40. The molecule has 1 unspecified atom stereocenters. The summed E-state index contributed by atoms with van der Waals surface area (Å²) in [5.41, 5.74) is 0. The first kappa shape index (κ1) is 15.8. The smallest absolute Gasteiger partial charge is 0.231 e. The Kier molecular flexibility index (Phi) is 5.55. The van der Waals surface area contributed by atoms with Crippen LogP contribution in [0.4, 0.5) is 17.8 Å². The third-order valence-corrected chi connectivity index (χ3v) is 3.70. The van der Waals surface area contributed by atoms with Gasteiger partial charge >= 0.3 is 0 Å². The van der Waals surface area contributed by atoms with Crippen molar-refractivity contribution >= 4 is 17.8 Å². The highest BCUT2D eigenvalue weighted by atomic mass is 16.3. The molecule has 0 saturated carbocycles. The molecule has 2 rings (SSSR count). The third kappa shape index (κ3) is 4.42. The fourth-order valence-electron chi connectivity index (χ4n) is 2.35. The minimum Gasteiger partial charge on any atom is -0.393 e. The summed E-state index contributed by atoms with van der Waals surface area (Å²) < 4.78 is 0. The number of piperidine rings is 1. The Hall–Kier alpha value is -1.63. The largest absolute Gasteiger partial charge is 0.393 e. The van der Waals surface area contributed by atoms with Crippen LogP contribution in [-0.2, 0) is 0 Å². The number of hydrogen-bond donors (Lipinski definition) is 2. The molecule has 0 amide bonds. The molecule has 2 heterocycles. The van der Waals surface area contributed by atoms with Gasteiger partial charge in [0.25, 0.3) is 0 Å². The standard InChI is InChI=1S/C14H26N6O/c1-11(21)7-10-19(3)13-16-12(15-2)17-14(18-13)20-8-5-4-6-9-20/h11,21H,4-10H2,1-3H3,(H,15,16,17,18). The van der Waals surface area contributed by atoms with Crippen LogP contribution in [0.2, 0.25) is 0 Å². The van der Waals surface area contributed by atoms with E-state index >= 15 is 0 Å². The Bertz CT molecular complexity index is 447. The van der Waals surface area contributed by atoms with Crippen LogP contribution in [0.15, 0.2) is 0 Å². The predicted molar refractivity (Wildman–Crippen MR) is 85.0 cm³/mol. The Balaban J connectivity index is 2.16. The van der Waals surface area contributed by atoms with Gasteiger partial charge in [-0.05, 0) is 32.6 Å². The minimum absolute atomic E-state index is 0.320. The van der Waals surface area contributed by atoms with Crippen LogP contribution in [0.3, 0.4) is 0 Å². The Morgan fingerprint density at radius 2 is 1.95 bits per heavy atom. The van der Waals surface area contributed by atoms with E-state index in [4.69, 9.17) is 0 Å². The first-order chi connectivity index (χ1) is 10.1. The highest BCUT2D eigenvalue weighted by Gasteiger charge is 2.17. The zero-order valence-corrected chi connectivity index (χ0v) is 13.2. The van der Waals surface area contributed by atoms with Gasteiger partial charge < -0.3 is 20.2 Å². The third-order valence-electron chi connectivity index (χ3n) is 3.70. The molecule has 1 aliphatic rings. The van der Waals surface area contributed by atoms with Crippen LogP contribution in [0.1, 0.15) is 32.6 Å². The first-order valence-corrected chi connectivity index (χ1v) is 7.68. The highest BCUT2D eigenvalue weighted by molar-refractivity contribution is 5.44. The van der Waals surface area contributed by atoms with E-state index in [0.29, 0.717) is 24.9 Å². The molecule has 7 nitrogen and oxygen atoms in total. The zero-order chi connectivity index (χ0) is 15.2. The van der Waals surface area contributed by atoms with Crippen molar-refractivity contribution in [2.75, 3.05) is 48.8 Å². The molecule has 1 aromatic heterocycles. The van der Waals surface area contributed by atoms with E-state index in [9.17, 15) is 5.11 Å². The number of hydrogen-bond acceptors (Lipinski definition) is 7. The molecule has 1 atom stereocenters. The lowest BCUT2D eigenvalue weighted by Crippen LogP contribution is -2.32. The van der Waals surface area contributed by atoms with Crippen LogP contribution in [0.25, 0.3) is 0 Å². The van der Waals surface area contributed by atoms with Crippen molar-refractivity contribution in [1.82, 2.24) is 15.0 Å². The van der Waals surface area contributed by atoms with Crippen LogP contribution < -0.4 is 15.1 Å². The van der Waals surface area contributed by atoms with Gasteiger partial charge in [-0.2, -0.15) is 15.0 Å². The van der Waals surface area contributed by atoms with Crippen LogP contribution in [0, 0.1) is 0 Å². The van der Waals surface area contributed by atoms with Crippen molar-refractivity contribution in [3.63, 3.8) is 0 Å². The van der Waals surface area contributed by atoms with Crippen molar-refractivity contribution in [2.24, 2.45) is 0 Å². The van der Waals surface area contributed by atoms with E-state index in [1.54, 1.807) is 6.92 Å². The Morgan fingerprint density at radius 1 is 1.24 bits per heavy atom. The van der Waals surface area contributed by atoms with E-state index in [2.05, 4.69) is 25.2 Å². The predicted octanol–water partition coefficient (Wildman–Crippen LogP) is 1.11. The molecule has 0 bridgehead atoms. The molecular formula is C14H26N6O. The normalized spacial score (nSPS) is 16.7. The van der Waals surface area contributed by atoms with Crippen molar-refractivity contribution in [1.29, 1.82) is 0 Å². The molecule has 0 radical (unpaired) electrons. The summed E-state index contributed by atoms with van der Waals surface area (Å²) in [6.45, 7) is 4.51. The zero-order valence-electron chi connectivity index (χ0n) is 13.2. The lowest BCUT2D eigenvalue weighted by atomic mass is 10.1. The molecule has 2 N–H and O–H groups in total. The van der Waals surface area contributed by atoms with Gasteiger partial charge in [0.15, 0.2) is 0 Å². The van der Waals surface area contributed by atoms with Gasteiger partial charge in [-0.25, -0.2) is 0 Å². The van der Waals surface area contributed by atoms with Gasteiger partial charge in [-0.1, -0.05) is 0 Å². The van der Waals surface area contributed by atoms with E-state index in [-0.39, 0.29) is 6.10 Å². The Labute approximate surface area is 126 Å². The quantitative estimate of drug-likeness (QED) is 0.813. The van der Waals surface area contributed by atoms with Crippen molar-refractivity contribution < 1.29 is 5.11 Å². The molecule has 1 aromatic rings. The number of rotatable bonds is 6. The molecule has 118 valence electrons. The van der Waals surface area contributed by atoms with Crippen molar-refractivity contribution in [3.05, 3.63) is 0 Å². The summed E-state index contributed by atoms with van der Waals surface area (Å²) >= 11 is 0. The molecule has 1 fully saturated rings. The van der Waals surface area contributed by atoms with Crippen LogP contribution in [0.5, 0.6) is 0 Å². The average Bonchev–Trinajstić information content (AvgIpc) is 2.52. The molecule has 1 saturated heterocycles. The second-order valence-electron chi connectivity index (χ2n) is 5.62. The molecule has 0 aromatic carbocycles. The summed E-state index contributed by atoms with van der Waals surface area (Å²) in [5.74, 6) is 1.98. The van der Waals surface area contributed by atoms with Gasteiger partial charge in [0.2, 0.25) is 17.8 Å². The second-order valence-corrected chi connectivity index (χ2v) is 5.62. The van der Waals surface area contributed by atoms with Gasteiger partial charge in [-0.15, -0.1) is 0 Å². The summed E-state index contributed by atoms with van der Waals surface area (Å²) in [7, 11) is 3.76. The summed E-state index contributed by atoms with van der Waals surface area (Å²) in [4.78, 5) is 17.7. The monoisotopic (exact) mass is 294 g/mol. The van der Waals surface area contributed by atoms with Crippen molar-refractivity contribution in [2.45, 2.75) is 38.7 Å². The summed E-state index contributed by atoms with van der Waals surface area (Å²) in [5, 5.41) is 12.4. The van der Waals surface area contributed by atoms with Crippen LogP contribution in [-0.4, -0.2) is 59.9 Å². The number of aliphatic hydroxyl groups excluding tert-OH is 1. The van der Waals surface area contributed by atoms with Crippen LogP contribution >= 0.6 is 0 Å². The summed E-state index contributed by atoms with van der Waals surface area (Å²) in [6.07, 6.45) is 4.03. The number of anilines is 3. The van der Waals surface area contributed by atoms with E-state index in [0.717, 1.165) is 19.0 Å². The molecule has 1 aliphatic heterocycles. The number of nitrogens with zero attached hydrogens (tertiary/aromatic N) is 5. The lowest BCUT2D eigenvalue weighted by molar-refractivity contribution is 0.186. The average molecular weight is 294 g/mol. The van der Waals surface area contributed by atoms with E-state index in [1.807, 2.05) is 19.0 Å². The number of nitrogens with one attached hydrogen (secondary N) is 1. The van der Waals surface area contributed by atoms with Gasteiger partial charge in [0.1, 0.15) is 0 Å². The van der Waals surface area contributed by atoms with Gasteiger partial charge in [0, 0.05) is 33.7 Å². The highest BCUT2D eigenvalue weighted by Crippen LogP contribution is 2.19. The maximum Gasteiger partial charge on any atom is 0.231 e. The van der Waals surface area contributed by atoms with Gasteiger partial charge in [-0.3, -0.25) is 0 Å². The van der Waals surface area contributed by atoms with Gasteiger partial charge in [0.05, 0.1) is 6.10 Å². The Morgan fingerprint density at radius 3 is 2.57 bits per heavy atom. The van der Waals surface area contributed by atoms with E-state index in [1.165, 1.54) is 19.3 Å². The molecule has 21 heavy (non-hydrogen) atoms. The summed E-state index contributed by atoms with van der Waals surface area (Å²) in [6, 6.07) is 0. The maximum absolute atomic E-state index is 9.41. The SMILES string of the molecule is CNc1nc(N(C)CCC(C)O)nc(N2CCCCC2)n1. The molecule has 7 heteroatoms. The van der Waals surface area contributed by atoms with Crippen molar-refractivity contribution in [3.8, 4) is 0 Å². The minimum atomic E-state index is -0.320. The maximum atomic E-state index is 9.41. The number of aromatic nitrogens is 3. The fraction of sp³-hybridized carbons (Fsp3) is 0.786. The first-order valence-electron chi connectivity index (χ1n) is 7.68. The number of aliphatic hydroxyl groups is 1. The lowest BCUT2D eigenvalue weighted by Gasteiger charge is -2.28. The topological polar surface area (TPSA) is 77.4 Å².